The molecule has 7 nitrogen and oxygen atoms in total. The van der Waals surface area contributed by atoms with Crippen LogP contribution in [-0.2, 0) is 21.1 Å². The van der Waals surface area contributed by atoms with E-state index < -0.39 is 11.2 Å². The number of carbonyl (C=O) groups excluding carboxylic acids is 1. The van der Waals surface area contributed by atoms with Crippen LogP contribution in [0.5, 0.6) is 0 Å². The summed E-state index contributed by atoms with van der Waals surface area (Å²) < 4.78 is 4.02. The predicted octanol–water partition coefficient (Wildman–Crippen LogP) is 1.25. The normalized spacial score (nSPS) is 11.2. The van der Waals surface area contributed by atoms with Gasteiger partial charge in [0.2, 0.25) is 0 Å². The zero-order valence-corrected chi connectivity index (χ0v) is 15.3. The number of rotatable bonds is 4. The van der Waals surface area contributed by atoms with E-state index in [1.807, 2.05) is 19.1 Å². The van der Waals surface area contributed by atoms with Gasteiger partial charge in [-0.15, -0.1) is 0 Å². The van der Waals surface area contributed by atoms with Gasteiger partial charge >= 0.3 is 5.69 Å². The van der Waals surface area contributed by atoms with Crippen molar-refractivity contribution in [2.45, 2.75) is 12.1 Å². The molecule has 0 aliphatic rings. The number of benzene rings is 1. The van der Waals surface area contributed by atoms with Crippen molar-refractivity contribution in [2.24, 2.45) is 21.1 Å². The molecule has 0 radical (unpaired) electrons. The first-order chi connectivity index (χ1) is 11.8. The van der Waals surface area contributed by atoms with Gasteiger partial charge in [-0.2, -0.15) is 0 Å². The van der Waals surface area contributed by atoms with Gasteiger partial charge in [0, 0.05) is 26.7 Å². The second-order valence-electron chi connectivity index (χ2n) is 5.91. The first kappa shape index (κ1) is 17.2. The Morgan fingerprint density at radius 3 is 2.32 bits per heavy atom. The molecule has 8 heteroatoms. The maximum Gasteiger partial charge on any atom is 0.332 e. The minimum atomic E-state index is -0.428. The van der Waals surface area contributed by atoms with E-state index in [4.69, 9.17) is 0 Å². The van der Waals surface area contributed by atoms with Crippen LogP contribution < -0.4 is 11.2 Å². The van der Waals surface area contributed by atoms with E-state index in [0.29, 0.717) is 21.9 Å². The van der Waals surface area contributed by atoms with E-state index in [2.05, 4.69) is 4.98 Å². The lowest BCUT2D eigenvalue weighted by Crippen LogP contribution is -2.37. The number of carbonyl (C=O) groups is 1. The molecule has 0 N–H and O–H groups in total. The van der Waals surface area contributed by atoms with Crippen molar-refractivity contribution >= 4 is 28.7 Å². The summed E-state index contributed by atoms with van der Waals surface area (Å²) in [6, 6.07) is 7.39. The minimum absolute atomic E-state index is 0.0150. The van der Waals surface area contributed by atoms with Gasteiger partial charge in [0.15, 0.2) is 22.1 Å². The Kier molecular flexibility index (Phi) is 4.38. The molecule has 2 aromatic heterocycles. The molecule has 1 aromatic carbocycles. The van der Waals surface area contributed by atoms with E-state index in [-0.39, 0.29) is 11.5 Å². The number of aromatic nitrogens is 4. The van der Waals surface area contributed by atoms with E-state index in [1.165, 1.54) is 23.4 Å². The lowest BCUT2D eigenvalue weighted by Gasteiger charge is -2.04. The smallest absolute Gasteiger partial charge is 0.316 e. The molecule has 0 amide bonds. The molecule has 0 spiro atoms. The standard InChI is InChI=1S/C17H18N4O3S/c1-10-5-7-11(8-6-10)12(22)9-25-16-18-14-13(19(16)2)15(23)21(4)17(24)20(14)3/h5-8H,9H2,1-4H3. The highest BCUT2D eigenvalue weighted by atomic mass is 32.2. The van der Waals surface area contributed by atoms with Gasteiger partial charge in [0.25, 0.3) is 5.56 Å². The van der Waals surface area contributed by atoms with Crippen molar-refractivity contribution in [1.82, 2.24) is 18.7 Å². The molecule has 0 bridgehead atoms. The van der Waals surface area contributed by atoms with Gasteiger partial charge in [0.1, 0.15) is 0 Å². The summed E-state index contributed by atoms with van der Waals surface area (Å²) in [4.78, 5) is 41.1. The van der Waals surface area contributed by atoms with Crippen LogP contribution in [0, 0.1) is 6.92 Å². The maximum absolute atomic E-state index is 12.3. The number of nitrogens with zero attached hydrogens (tertiary/aromatic N) is 4. The third kappa shape index (κ3) is 2.93. The van der Waals surface area contributed by atoms with Crippen LogP contribution in [0.15, 0.2) is 39.0 Å². The molecular weight excluding hydrogens is 340 g/mol. The fourth-order valence-electron chi connectivity index (χ4n) is 2.58. The number of aryl methyl sites for hydroxylation is 3. The summed E-state index contributed by atoms with van der Waals surface area (Å²) in [5.74, 6) is 0.188. The Bertz CT molecular complexity index is 1090. The minimum Gasteiger partial charge on any atom is -0.316 e. The second kappa shape index (κ2) is 6.36. The van der Waals surface area contributed by atoms with Crippen LogP contribution in [0.1, 0.15) is 15.9 Å². The highest BCUT2D eigenvalue weighted by molar-refractivity contribution is 7.99. The van der Waals surface area contributed by atoms with Gasteiger partial charge < -0.3 is 4.57 Å². The summed E-state index contributed by atoms with van der Waals surface area (Å²) in [6.45, 7) is 1.97. The molecule has 0 saturated carbocycles. The van der Waals surface area contributed by atoms with E-state index in [9.17, 15) is 14.4 Å². The van der Waals surface area contributed by atoms with Crippen molar-refractivity contribution < 1.29 is 4.79 Å². The van der Waals surface area contributed by atoms with Crippen molar-refractivity contribution in [1.29, 1.82) is 0 Å². The Labute approximate surface area is 147 Å². The fourth-order valence-corrected chi connectivity index (χ4v) is 3.44. The zero-order chi connectivity index (χ0) is 18.3. The molecule has 0 unspecified atom stereocenters. The van der Waals surface area contributed by atoms with Gasteiger partial charge in [-0.25, -0.2) is 9.78 Å². The number of thioether (sulfide) groups is 1. The number of hydrogen-bond donors (Lipinski definition) is 0. The lowest BCUT2D eigenvalue weighted by molar-refractivity contribution is 0.102. The zero-order valence-electron chi connectivity index (χ0n) is 14.4. The highest BCUT2D eigenvalue weighted by Gasteiger charge is 2.18. The van der Waals surface area contributed by atoms with Crippen LogP contribution in [-0.4, -0.2) is 30.2 Å². The average molecular weight is 358 g/mol. The average Bonchev–Trinajstić information content (AvgIpc) is 2.93. The number of hydrogen-bond acceptors (Lipinski definition) is 5. The van der Waals surface area contributed by atoms with Gasteiger partial charge in [-0.05, 0) is 6.92 Å². The molecule has 130 valence electrons. The molecule has 3 rings (SSSR count). The molecule has 0 saturated heterocycles. The predicted molar refractivity (Wildman–Crippen MR) is 97.4 cm³/mol. The summed E-state index contributed by atoms with van der Waals surface area (Å²) in [5, 5.41) is 0.522. The molecule has 0 aliphatic heterocycles. The number of ketones is 1. The number of imidazole rings is 1. The van der Waals surface area contributed by atoms with Crippen molar-refractivity contribution in [3.8, 4) is 0 Å². The third-order valence-electron chi connectivity index (χ3n) is 4.14. The summed E-state index contributed by atoms with van der Waals surface area (Å²) in [6.07, 6.45) is 0. The fraction of sp³-hybridized carbons (Fsp3) is 0.294. The van der Waals surface area contributed by atoms with E-state index in [1.54, 1.807) is 30.8 Å². The van der Waals surface area contributed by atoms with Crippen LogP contribution in [0.4, 0.5) is 0 Å². The Balaban J connectivity index is 1.94. The summed E-state index contributed by atoms with van der Waals surface area (Å²) >= 11 is 1.25. The first-order valence-electron chi connectivity index (χ1n) is 7.66. The first-order valence-corrected chi connectivity index (χ1v) is 8.65. The molecule has 25 heavy (non-hydrogen) atoms. The SMILES string of the molecule is Cc1ccc(C(=O)CSc2nc3c(c(=O)n(C)c(=O)n3C)n2C)cc1. The quantitative estimate of drug-likeness (QED) is 0.518. The van der Waals surface area contributed by atoms with E-state index in [0.717, 1.165) is 10.1 Å². The monoisotopic (exact) mass is 358 g/mol. The maximum atomic E-state index is 12.3. The number of fused-ring (bicyclic) bond motifs is 1. The summed E-state index contributed by atoms with van der Waals surface area (Å²) in [7, 11) is 4.72. The Morgan fingerprint density at radius 2 is 1.68 bits per heavy atom. The Morgan fingerprint density at radius 1 is 1.04 bits per heavy atom. The summed E-state index contributed by atoms with van der Waals surface area (Å²) in [5.41, 5.74) is 1.57. The topological polar surface area (TPSA) is 78.9 Å². The molecular formula is C17H18N4O3S. The third-order valence-corrected chi connectivity index (χ3v) is 5.17. The highest BCUT2D eigenvalue weighted by Crippen LogP contribution is 2.21. The van der Waals surface area contributed by atoms with Crippen molar-refractivity contribution in [2.75, 3.05) is 5.75 Å². The van der Waals surface area contributed by atoms with Gasteiger partial charge in [-0.3, -0.25) is 18.7 Å². The molecule has 2 heterocycles. The lowest BCUT2D eigenvalue weighted by atomic mass is 10.1. The van der Waals surface area contributed by atoms with Crippen LogP contribution in [0.3, 0.4) is 0 Å². The number of Topliss-reactive ketones (excluding diaryl/α,β-unsaturated/α-hetero) is 1. The van der Waals surface area contributed by atoms with Gasteiger partial charge in [-0.1, -0.05) is 41.6 Å². The molecule has 3 aromatic rings. The van der Waals surface area contributed by atoms with E-state index >= 15 is 0 Å². The van der Waals surface area contributed by atoms with Crippen molar-refractivity contribution in [3.63, 3.8) is 0 Å². The van der Waals surface area contributed by atoms with Crippen LogP contribution in [0.2, 0.25) is 0 Å². The van der Waals surface area contributed by atoms with Crippen molar-refractivity contribution in [3.05, 3.63) is 56.2 Å². The Hall–Kier alpha value is -2.61. The molecule has 0 aliphatic carbocycles. The molecule has 0 atom stereocenters. The van der Waals surface area contributed by atoms with Crippen LogP contribution in [0.25, 0.3) is 11.2 Å². The van der Waals surface area contributed by atoms with Crippen LogP contribution >= 0.6 is 11.8 Å². The largest absolute Gasteiger partial charge is 0.332 e. The molecule has 0 fully saturated rings. The van der Waals surface area contributed by atoms with Gasteiger partial charge in [0.05, 0.1) is 5.75 Å². The second-order valence-corrected chi connectivity index (χ2v) is 6.85.